The molecule has 0 atom stereocenters. The molecule has 1 heterocycles. The number of hydrogen-bond acceptors (Lipinski definition) is 1. The second-order valence-electron chi connectivity index (χ2n) is 2.63. The molecular formula is C9H5BrFIS. The number of halogens is 3. The van der Waals surface area contributed by atoms with Crippen molar-refractivity contribution in [3.8, 4) is 0 Å². The van der Waals surface area contributed by atoms with Crippen molar-refractivity contribution in [2.75, 3.05) is 0 Å². The molecule has 2 aromatic rings. The van der Waals surface area contributed by atoms with Gasteiger partial charge in [0.1, 0.15) is 5.82 Å². The second-order valence-corrected chi connectivity index (χ2v) is 6.14. The quantitative estimate of drug-likeness (QED) is 0.510. The van der Waals surface area contributed by atoms with Crippen molar-refractivity contribution < 1.29 is 4.39 Å². The van der Waals surface area contributed by atoms with Gasteiger partial charge in [-0.15, -0.1) is 11.3 Å². The van der Waals surface area contributed by atoms with Gasteiger partial charge in [0.25, 0.3) is 0 Å². The predicted octanol–water partition coefficient (Wildman–Crippen LogP) is 4.54. The van der Waals surface area contributed by atoms with Gasteiger partial charge >= 0.3 is 0 Å². The molecule has 0 amide bonds. The normalized spacial score (nSPS) is 11.0. The molecule has 68 valence electrons. The number of alkyl halides is 1. The lowest BCUT2D eigenvalue weighted by Crippen LogP contribution is -1.80. The molecule has 0 aliphatic rings. The minimum absolute atomic E-state index is 0.118. The topological polar surface area (TPSA) is 0 Å². The Labute approximate surface area is 101 Å². The van der Waals surface area contributed by atoms with Crippen molar-refractivity contribution in [1.29, 1.82) is 0 Å². The van der Waals surface area contributed by atoms with Crippen LogP contribution in [-0.4, -0.2) is 0 Å². The SMILES string of the molecule is Fc1ccc(CBr)c2cc(I)sc12. The minimum atomic E-state index is -0.118. The molecule has 0 fully saturated rings. The Bertz CT molecular complexity index is 452. The Balaban J connectivity index is 2.83. The summed E-state index contributed by atoms with van der Waals surface area (Å²) in [6.45, 7) is 0. The highest BCUT2D eigenvalue weighted by Gasteiger charge is 2.08. The van der Waals surface area contributed by atoms with Crippen LogP contribution in [-0.2, 0) is 5.33 Å². The van der Waals surface area contributed by atoms with E-state index in [-0.39, 0.29) is 5.82 Å². The zero-order valence-corrected chi connectivity index (χ0v) is 11.0. The fourth-order valence-corrected chi connectivity index (χ4v) is 3.53. The van der Waals surface area contributed by atoms with Crippen LogP contribution >= 0.6 is 49.9 Å². The first kappa shape index (κ1) is 9.86. The van der Waals surface area contributed by atoms with Crippen molar-refractivity contribution in [1.82, 2.24) is 0 Å². The smallest absolute Gasteiger partial charge is 0.141 e. The van der Waals surface area contributed by atoms with Crippen LogP contribution in [0.4, 0.5) is 4.39 Å². The highest BCUT2D eigenvalue weighted by molar-refractivity contribution is 14.1. The summed E-state index contributed by atoms with van der Waals surface area (Å²) in [5, 5.41) is 1.81. The summed E-state index contributed by atoms with van der Waals surface area (Å²) in [7, 11) is 0. The molecule has 0 saturated carbocycles. The van der Waals surface area contributed by atoms with Crippen LogP contribution in [0.3, 0.4) is 0 Å². The lowest BCUT2D eigenvalue weighted by molar-refractivity contribution is 0.641. The second kappa shape index (κ2) is 3.82. The fraction of sp³-hybridized carbons (Fsp3) is 0.111. The molecule has 0 aliphatic carbocycles. The maximum absolute atomic E-state index is 13.3. The first-order valence-electron chi connectivity index (χ1n) is 3.65. The predicted molar refractivity (Wildman–Crippen MR) is 67.1 cm³/mol. The molecule has 0 aliphatic heterocycles. The Hall–Kier alpha value is 0.320. The highest BCUT2D eigenvalue weighted by atomic mass is 127. The molecule has 0 radical (unpaired) electrons. The van der Waals surface area contributed by atoms with E-state index in [4.69, 9.17) is 0 Å². The first-order chi connectivity index (χ1) is 6.22. The van der Waals surface area contributed by atoms with Crippen LogP contribution in [0, 0.1) is 8.70 Å². The molecule has 4 heteroatoms. The summed E-state index contributed by atoms with van der Waals surface area (Å²) in [6.07, 6.45) is 0. The van der Waals surface area contributed by atoms with Gasteiger partial charge < -0.3 is 0 Å². The third-order valence-corrected chi connectivity index (χ3v) is 4.35. The number of thiophene rings is 1. The number of benzene rings is 1. The number of hydrogen-bond donors (Lipinski definition) is 0. The first-order valence-corrected chi connectivity index (χ1v) is 6.66. The van der Waals surface area contributed by atoms with E-state index in [1.165, 1.54) is 17.4 Å². The van der Waals surface area contributed by atoms with E-state index in [0.717, 1.165) is 23.9 Å². The van der Waals surface area contributed by atoms with Crippen molar-refractivity contribution in [3.63, 3.8) is 0 Å². The van der Waals surface area contributed by atoms with E-state index in [9.17, 15) is 4.39 Å². The van der Waals surface area contributed by atoms with Crippen LogP contribution in [0.25, 0.3) is 10.1 Å². The van der Waals surface area contributed by atoms with Gasteiger partial charge in [0.05, 0.1) is 7.58 Å². The molecule has 1 aromatic heterocycles. The molecule has 0 nitrogen and oxygen atoms in total. The van der Waals surface area contributed by atoms with Crippen LogP contribution in [0.1, 0.15) is 5.56 Å². The summed E-state index contributed by atoms with van der Waals surface area (Å²) in [5.41, 5.74) is 1.15. The van der Waals surface area contributed by atoms with Gasteiger partial charge in [0, 0.05) is 10.7 Å². The largest absolute Gasteiger partial charge is 0.205 e. The summed E-state index contributed by atoms with van der Waals surface area (Å²) in [6, 6.07) is 5.39. The number of fused-ring (bicyclic) bond motifs is 1. The maximum atomic E-state index is 13.3. The lowest BCUT2D eigenvalue weighted by Gasteiger charge is -1.98. The molecule has 13 heavy (non-hydrogen) atoms. The van der Waals surface area contributed by atoms with E-state index in [1.54, 1.807) is 0 Å². The van der Waals surface area contributed by atoms with E-state index < -0.39 is 0 Å². The summed E-state index contributed by atoms with van der Waals surface area (Å²) in [4.78, 5) is 0. The molecule has 0 unspecified atom stereocenters. The van der Waals surface area contributed by atoms with Gasteiger partial charge in [0.15, 0.2) is 0 Å². The Morgan fingerprint density at radius 3 is 2.92 bits per heavy atom. The van der Waals surface area contributed by atoms with E-state index in [0.29, 0.717) is 0 Å². The highest BCUT2D eigenvalue weighted by Crippen LogP contribution is 2.32. The lowest BCUT2D eigenvalue weighted by atomic mass is 10.1. The number of rotatable bonds is 1. The third-order valence-electron chi connectivity index (χ3n) is 1.84. The third kappa shape index (κ3) is 1.76. The van der Waals surface area contributed by atoms with Crippen molar-refractivity contribution >= 4 is 59.9 Å². The van der Waals surface area contributed by atoms with E-state index in [1.807, 2.05) is 12.1 Å². The zero-order valence-electron chi connectivity index (χ0n) is 6.48. The van der Waals surface area contributed by atoms with Gasteiger partial charge in [-0.25, -0.2) is 4.39 Å². The molecule has 0 N–H and O–H groups in total. The van der Waals surface area contributed by atoms with Crippen molar-refractivity contribution in [2.45, 2.75) is 5.33 Å². The van der Waals surface area contributed by atoms with E-state index in [2.05, 4.69) is 38.5 Å². The van der Waals surface area contributed by atoms with Gasteiger partial charge in [-0.2, -0.15) is 0 Å². The van der Waals surface area contributed by atoms with Gasteiger partial charge in [0.2, 0.25) is 0 Å². The Morgan fingerprint density at radius 2 is 2.23 bits per heavy atom. The molecule has 0 saturated heterocycles. The minimum Gasteiger partial charge on any atom is -0.205 e. The van der Waals surface area contributed by atoms with Gasteiger partial charge in [-0.05, 0) is 40.3 Å². The van der Waals surface area contributed by atoms with Crippen molar-refractivity contribution in [3.05, 3.63) is 32.5 Å². The Kier molecular flexibility index (Phi) is 2.90. The fourth-order valence-electron chi connectivity index (χ4n) is 1.23. The monoisotopic (exact) mass is 370 g/mol. The van der Waals surface area contributed by atoms with Crippen LogP contribution < -0.4 is 0 Å². The standard InChI is InChI=1S/C9H5BrFIS/c10-4-5-1-2-7(11)9-6(5)3-8(12)13-9/h1-3H,4H2. The molecular weight excluding hydrogens is 366 g/mol. The van der Waals surface area contributed by atoms with E-state index >= 15 is 0 Å². The van der Waals surface area contributed by atoms with Crippen molar-refractivity contribution in [2.24, 2.45) is 0 Å². The average molecular weight is 371 g/mol. The molecule has 0 spiro atoms. The zero-order chi connectivity index (χ0) is 9.42. The van der Waals surface area contributed by atoms with Gasteiger partial charge in [-0.1, -0.05) is 22.0 Å². The van der Waals surface area contributed by atoms with Crippen LogP contribution in [0.2, 0.25) is 0 Å². The summed E-state index contributed by atoms with van der Waals surface area (Å²) < 4.78 is 15.2. The summed E-state index contributed by atoms with van der Waals surface area (Å²) >= 11 is 7.11. The Morgan fingerprint density at radius 1 is 1.46 bits per heavy atom. The molecule has 1 aromatic carbocycles. The molecule has 2 rings (SSSR count). The average Bonchev–Trinajstić information content (AvgIpc) is 2.48. The summed E-state index contributed by atoms with van der Waals surface area (Å²) in [5.74, 6) is -0.118. The van der Waals surface area contributed by atoms with Gasteiger partial charge in [-0.3, -0.25) is 0 Å². The van der Waals surface area contributed by atoms with Crippen LogP contribution in [0.5, 0.6) is 0 Å². The van der Waals surface area contributed by atoms with Crippen LogP contribution in [0.15, 0.2) is 18.2 Å². The molecule has 0 bridgehead atoms. The maximum Gasteiger partial charge on any atom is 0.141 e.